The number of benzene rings is 1. The number of hydrogen-bond acceptors (Lipinski definition) is 8. The number of nitrogens with two attached hydrogens (primary N) is 1. The third kappa shape index (κ3) is 7.08. The van der Waals surface area contributed by atoms with Crippen LogP contribution in [0, 0.1) is 13.8 Å². The molecule has 1 fully saturated rings. The number of aromatic nitrogens is 1. The van der Waals surface area contributed by atoms with E-state index in [1.165, 1.54) is 19.5 Å². The van der Waals surface area contributed by atoms with Crippen molar-refractivity contribution in [3.05, 3.63) is 52.3 Å². The van der Waals surface area contributed by atoms with Gasteiger partial charge in [-0.05, 0) is 63.8 Å². The second-order valence-electron chi connectivity index (χ2n) is 8.91. The molecule has 1 aromatic heterocycles. The number of aryl methyl sites for hydroxylation is 1. The van der Waals surface area contributed by atoms with Crippen LogP contribution >= 0.6 is 0 Å². The number of rotatable bonds is 9. The Kier molecular flexibility index (Phi) is 9.55. The van der Waals surface area contributed by atoms with Gasteiger partial charge in [0.05, 0.1) is 5.56 Å². The van der Waals surface area contributed by atoms with Crippen molar-refractivity contribution < 1.29 is 38.8 Å². The van der Waals surface area contributed by atoms with Crippen LogP contribution in [0.5, 0.6) is 0 Å². The molecule has 1 aromatic carbocycles. The number of aliphatic hydroxyl groups is 1. The Morgan fingerprint density at radius 3 is 2.62 bits per heavy atom. The van der Waals surface area contributed by atoms with Crippen molar-refractivity contribution in [2.75, 3.05) is 13.3 Å². The lowest BCUT2D eigenvalue weighted by molar-refractivity contribution is -0.309. The predicted molar refractivity (Wildman–Crippen MR) is 140 cm³/mol. The van der Waals surface area contributed by atoms with Crippen LogP contribution in [0.4, 0.5) is 10.5 Å². The maximum absolute atomic E-state index is 13.4. The van der Waals surface area contributed by atoms with Crippen LogP contribution in [0.25, 0.3) is 0 Å². The van der Waals surface area contributed by atoms with Crippen molar-refractivity contribution in [2.45, 2.75) is 52.7 Å². The molecule has 1 atom stereocenters. The first-order valence-corrected chi connectivity index (χ1v) is 12.4. The Morgan fingerprint density at radius 1 is 1.28 bits per heavy atom. The zero-order valence-corrected chi connectivity index (χ0v) is 22.2. The summed E-state index contributed by atoms with van der Waals surface area (Å²) < 4.78 is 9.61. The van der Waals surface area contributed by atoms with Gasteiger partial charge < -0.3 is 30.6 Å². The van der Waals surface area contributed by atoms with Crippen molar-refractivity contribution in [3.8, 4) is 0 Å². The van der Waals surface area contributed by atoms with E-state index in [1.54, 1.807) is 25.1 Å². The molecule has 0 aliphatic heterocycles. The quantitative estimate of drug-likeness (QED) is 0.128. The van der Waals surface area contributed by atoms with Gasteiger partial charge >= 0.3 is 12.1 Å². The van der Waals surface area contributed by atoms with Crippen LogP contribution in [0.15, 0.2) is 29.4 Å². The molecule has 0 bridgehead atoms. The Morgan fingerprint density at radius 2 is 2.00 bits per heavy atom. The molecule has 0 saturated heterocycles. The molecular weight excluding hydrogens is 508 g/mol. The van der Waals surface area contributed by atoms with E-state index in [9.17, 15) is 24.3 Å². The second kappa shape index (κ2) is 12.8. The zero-order chi connectivity index (χ0) is 28.7. The van der Waals surface area contributed by atoms with E-state index < -0.39 is 30.9 Å². The molecule has 208 valence electrons. The van der Waals surface area contributed by atoms with Gasteiger partial charge in [0.1, 0.15) is 17.5 Å². The van der Waals surface area contributed by atoms with E-state index in [2.05, 4.69) is 25.0 Å². The number of hydrogen-bond donors (Lipinski definition) is 5. The Balaban J connectivity index is 1.88. The van der Waals surface area contributed by atoms with Crippen LogP contribution in [0.3, 0.4) is 0 Å². The number of ether oxygens (including phenoxy) is 2. The normalized spacial score (nSPS) is 14.1. The number of amides is 3. The monoisotopic (exact) mass is 541 g/mol. The summed E-state index contributed by atoms with van der Waals surface area (Å²) in [5.74, 6) is -1.50. The molecule has 13 heteroatoms. The number of nitrogens with one attached hydrogen (secondary N) is 3. The van der Waals surface area contributed by atoms with E-state index in [-0.39, 0.29) is 23.3 Å². The average molecular weight is 542 g/mol. The zero-order valence-electron chi connectivity index (χ0n) is 22.2. The minimum atomic E-state index is -1.37. The summed E-state index contributed by atoms with van der Waals surface area (Å²) >= 11 is 0. The standard InChI is InChI=1S/C26H32N6O7/c1-5-28-23(34)17-7-6-14(2)20(10-17)31-22(30-12-27)21-15(3)19(11-29-21)24(35)32(18-8-9-18)26(37)39-13-38-25(36)16(4)33/h6-7,10-12,16,18,29,33H,5,8-9,13H2,1-4H3,(H,28,34)(H2,27,30,31)/p+1. The SMILES string of the molecule is CCNC(=O)c1ccc(C)c(N=C([NH+]=CN)c2[nH]cc(C(=O)N(C(=O)OCOC(=O)C(C)O)C3CC3)c2C)c1. The van der Waals surface area contributed by atoms with Crippen molar-refractivity contribution in [3.63, 3.8) is 0 Å². The Hall–Kier alpha value is -4.52. The number of aromatic amines is 1. The van der Waals surface area contributed by atoms with Crippen LogP contribution in [0.2, 0.25) is 0 Å². The van der Waals surface area contributed by atoms with Gasteiger partial charge in [0.25, 0.3) is 17.6 Å². The van der Waals surface area contributed by atoms with E-state index in [4.69, 9.17) is 10.5 Å². The molecule has 1 heterocycles. The first-order valence-electron chi connectivity index (χ1n) is 12.4. The highest BCUT2D eigenvalue weighted by molar-refractivity contribution is 6.07. The van der Waals surface area contributed by atoms with Crippen molar-refractivity contribution in [1.82, 2.24) is 15.2 Å². The molecule has 6 N–H and O–H groups in total. The van der Waals surface area contributed by atoms with Gasteiger partial charge in [-0.1, -0.05) is 6.07 Å². The second-order valence-corrected chi connectivity index (χ2v) is 8.91. The topological polar surface area (TPSA) is 190 Å². The highest BCUT2D eigenvalue weighted by Gasteiger charge is 2.40. The van der Waals surface area contributed by atoms with E-state index in [0.29, 0.717) is 41.9 Å². The Labute approximate surface area is 225 Å². The molecule has 0 radical (unpaired) electrons. The first kappa shape index (κ1) is 29.0. The van der Waals surface area contributed by atoms with E-state index in [0.717, 1.165) is 10.5 Å². The molecule has 0 spiro atoms. The molecule has 3 rings (SSSR count). The summed E-state index contributed by atoms with van der Waals surface area (Å²) in [4.78, 5) is 61.3. The number of H-pyrrole nitrogens is 1. The molecule has 2 aromatic rings. The Bertz CT molecular complexity index is 1310. The maximum atomic E-state index is 13.4. The van der Waals surface area contributed by atoms with E-state index >= 15 is 0 Å². The summed E-state index contributed by atoms with van der Waals surface area (Å²) in [6.07, 6.45) is 1.52. The first-order chi connectivity index (χ1) is 18.6. The highest BCUT2D eigenvalue weighted by atomic mass is 16.7. The summed E-state index contributed by atoms with van der Waals surface area (Å²) in [5.41, 5.74) is 8.53. The molecule has 39 heavy (non-hydrogen) atoms. The number of aliphatic hydroxyl groups excluding tert-OH is 1. The molecule has 1 aliphatic rings. The number of carbonyl (C=O) groups excluding carboxylic acids is 4. The number of aliphatic imine (C=N–C) groups is 1. The number of esters is 1. The van der Waals surface area contributed by atoms with Crippen molar-refractivity contribution in [1.29, 1.82) is 0 Å². The lowest BCUT2D eigenvalue weighted by atomic mass is 10.1. The third-order valence-corrected chi connectivity index (χ3v) is 5.92. The van der Waals surface area contributed by atoms with Crippen molar-refractivity contribution in [2.24, 2.45) is 10.7 Å². The maximum Gasteiger partial charge on any atom is 0.419 e. The largest absolute Gasteiger partial charge is 0.426 e. The van der Waals surface area contributed by atoms with Gasteiger partial charge in [-0.2, -0.15) is 0 Å². The molecule has 13 nitrogen and oxygen atoms in total. The van der Waals surface area contributed by atoms with Gasteiger partial charge in [-0.15, -0.1) is 4.99 Å². The van der Waals surface area contributed by atoms with Gasteiger partial charge in [0.15, 0.2) is 6.34 Å². The van der Waals surface area contributed by atoms with Gasteiger partial charge in [0, 0.05) is 24.3 Å². The summed E-state index contributed by atoms with van der Waals surface area (Å²) in [5, 5.41) is 11.9. The summed E-state index contributed by atoms with van der Waals surface area (Å²) in [7, 11) is 0. The predicted octanol–water partition coefficient (Wildman–Crippen LogP) is 0.150. The lowest BCUT2D eigenvalue weighted by Gasteiger charge is -2.20. The van der Waals surface area contributed by atoms with Crippen molar-refractivity contribution >= 4 is 41.7 Å². The van der Waals surface area contributed by atoms with Gasteiger partial charge in [0.2, 0.25) is 6.79 Å². The fourth-order valence-electron chi connectivity index (χ4n) is 3.65. The highest BCUT2D eigenvalue weighted by Crippen LogP contribution is 2.30. The molecule has 1 saturated carbocycles. The van der Waals surface area contributed by atoms with Crippen LogP contribution in [-0.2, 0) is 14.3 Å². The number of amidine groups is 1. The minimum absolute atomic E-state index is 0.203. The smallest absolute Gasteiger partial charge is 0.419 e. The molecule has 1 unspecified atom stereocenters. The number of nitrogens with zero attached hydrogens (tertiary/aromatic N) is 2. The molecule has 1 aliphatic carbocycles. The number of carbonyl (C=O) groups is 4. The number of imide groups is 1. The van der Waals surface area contributed by atoms with Crippen LogP contribution in [0.1, 0.15) is 64.2 Å². The van der Waals surface area contributed by atoms with E-state index in [1.807, 2.05) is 13.8 Å². The average Bonchev–Trinajstić information content (AvgIpc) is 3.65. The lowest BCUT2D eigenvalue weighted by Crippen LogP contribution is -2.75. The molecule has 3 amide bonds. The third-order valence-electron chi connectivity index (χ3n) is 5.92. The van der Waals surface area contributed by atoms with Crippen LogP contribution < -0.4 is 16.0 Å². The minimum Gasteiger partial charge on any atom is -0.426 e. The van der Waals surface area contributed by atoms with Crippen LogP contribution in [-0.4, -0.2) is 76.5 Å². The summed E-state index contributed by atoms with van der Waals surface area (Å²) in [6.45, 7) is 6.32. The van der Waals surface area contributed by atoms with Gasteiger partial charge in [-0.25, -0.2) is 19.5 Å². The molecular formula is C26H33N6O7+. The fraction of sp³-hybridized carbons (Fsp3) is 0.385. The van der Waals surface area contributed by atoms with Gasteiger partial charge in [-0.3, -0.25) is 9.59 Å². The fourth-order valence-corrected chi connectivity index (χ4v) is 3.65. The summed E-state index contributed by atoms with van der Waals surface area (Å²) in [6, 6.07) is 4.78.